The molecule has 0 saturated carbocycles. The topological polar surface area (TPSA) is 32.8 Å². The molecule has 2 aliphatic rings. The summed E-state index contributed by atoms with van der Waals surface area (Å²) in [6, 6.07) is 14.2. The van der Waals surface area contributed by atoms with E-state index in [1.54, 1.807) is 7.11 Å². The summed E-state index contributed by atoms with van der Waals surface area (Å²) in [4.78, 5) is 17.8. The highest BCUT2D eigenvalue weighted by Crippen LogP contribution is 2.41. The molecule has 4 rings (SSSR count). The van der Waals surface area contributed by atoms with Gasteiger partial charge in [0.15, 0.2) is 0 Å². The number of hydrogen-bond acceptors (Lipinski definition) is 3. The van der Waals surface area contributed by atoms with E-state index >= 15 is 0 Å². The van der Waals surface area contributed by atoms with E-state index in [1.165, 1.54) is 24.0 Å². The van der Waals surface area contributed by atoms with Gasteiger partial charge >= 0.3 is 0 Å². The summed E-state index contributed by atoms with van der Waals surface area (Å²) in [7, 11) is 3.67. The molecule has 2 aromatic carbocycles. The molecule has 0 spiro atoms. The van der Waals surface area contributed by atoms with Gasteiger partial charge in [0.05, 0.1) is 19.6 Å². The molecule has 0 N–H and O–H groups in total. The summed E-state index contributed by atoms with van der Waals surface area (Å²) in [6.07, 6.45) is 4.83. The van der Waals surface area contributed by atoms with Crippen molar-refractivity contribution < 1.29 is 9.53 Å². The van der Waals surface area contributed by atoms with Gasteiger partial charge in [-0.1, -0.05) is 41.9 Å². The molecule has 1 fully saturated rings. The normalized spacial score (nSPS) is 20.9. The molecule has 0 bridgehead atoms. The van der Waals surface area contributed by atoms with E-state index in [0.29, 0.717) is 17.5 Å². The summed E-state index contributed by atoms with van der Waals surface area (Å²) >= 11 is 6.32. The van der Waals surface area contributed by atoms with Gasteiger partial charge in [0.25, 0.3) is 0 Å². The lowest BCUT2D eigenvalue weighted by molar-refractivity contribution is -0.133. The van der Waals surface area contributed by atoms with Crippen LogP contribution in [0.1, 0.15) is 42.0 Å². The van der Waals surface area contributed by atoms with Crippen molar-refractivity contribution in [1.29, 1.82) is 0 Å². The smallest absolute Gasteiger partial charge is 0.227 e. The average molecular weight is 449 g/mol. The Morgan fingerprint density at radius 3 is 2.60 bits per heavy atom. The second-order valence-corrected chi connectivity index (χ2v) is 8.50. The highest BCUT2D eigenvalue weighted by atomic mass is 35.5. The number of carbonyl (C=O) groups excluding carboxylic acids is 1. The predicted octanol–water partition coefficient (Wildman–Crippen LogP) is 4.92. The molecule has 0 unspecified atom stereocenters. The minimum absolute atomic E-state index is 0. The minimum Gasteiger partial charge on any atom is -0.496 e. The van der Waals surface area contributed by atoms with Crippen molar-refractivity contribution in [3.63, 3.8) is 0 Å². The van der Waals surface area contributed by atoms with Crippen LogP contribution in [0.3, 0.4) is 0 Å². The van der Waals surface area contributed by atoms with Crippen molar-refractivity contribution >= 4 is 29.9 Å². The molecular formula is C24H30Cl2N2O2. The van der Waals surface area contributed by atoms with Crippen molar-refractivity contribution in [2.24, 2.45) is 0 Å². The van der Waals surface area contributed by atoms with Gasteiger partial charge in [0, 0.05) is 18.1 Å². The van der Waals surface area contributed by atoms with Crippen LogP contribution in [0.4, 0.5) is 0 Å². The van der Waals surface area contributed by atoms with Crippen molar-refractivity contribution in [1.82, 2.24) is 9.80 Å². The second kappa shape index (κ2) is 10.0. The van der Waals surface area contributed by atoms with E-state index in [4.69, 9.17) is 16.3 Å². The number of likely N-dealkylation sites (N-methyl/N-ethyl adjacent to an activating group) is 1. The molecule has 2 aromatic rings. The zero-order valence-electron chi connectivity index (χ0n) is 17.6. The molecule has 4 nitrogen and oxygen atoms in total. The molecule has 2 atom stereocenters. The van der Waals surface area contributed by atoms with Gasteiger partial charge in [-0.25, -0.2) is 0 Å². The Morgan fingerprint density at radius 2 is 1.90 bits per heavy atom. The fourth-order valence-electron chi connectivity index (χ4n) is 4.98. The maximum atomic E-state index is 13.3. The zero-order valence-corrected chi connectivity index (χ0v) is 19.2. The van der Waals surface area contributed by atoms with E-state index in [9.17, 15) is 4.79 Å². The summed E-state index contributed by atoms with van der Waals surface area (Å²) < 4.78 is 5.64. The number of carbonyl (C=O) groups is 1. The molecule has 1 saturated heterocycles. The maximum Gasteiger partial charge on any atom is 0.227 e. The third-order valence-corrected chi connectivity index (χ3v) is 6.85. The third kappa shape index (κ3) is 4.46. The van der Waals surface area contributed by atoms with Crippen molar-refractivity contribution in [2.75, 3.05) is 27.2 Å². The van der Waals surface area contributed by atoms with E-state index in [-0.39, 0.29) is 24.4 Å². The number of fused-ring (bicyclic) bond motifs is 1. The van der Waals surface area contributed by atoms with Gasteiger partial charge in [0.2, 0.25) is 5.91 Å². The highest BCUT2D eigenvalue weighted by Gasteiger charge is 2.39. The summed E-state index contributed by atoms with van der Waals surface area (Å²) in [5.41, 5.74) is 3.35. The molecule has 6 heteroatoms. The lowest BCUT2D eigenvalue weighted by Crippen LogP contribution is -2.48. The van der Waals surface area contributed by atoms with Gasteiger partial charge in [-0.2, -0.15) is 0 Å². The predicted molar refractivity (Wildman–Crippen MR) is 124 cm³/mol. The van der Waals surface area contributed by atoms with Crippen LogP contribution in [-0.4, -0.2) is 49.0 Å². The number of hydrogen-bond donors (Lipinski definition) is 0. The molecule has 1 aliphatic heterocycles. The molecule has 1 aliphatic carbocycles. The monoisotopic (exact) mass is 448 g/mol. The summed E-state index contributed by atoms with van der Waals surface area (Å²) in [5.74, 6) is 1.03. The standard InChI is InChI=1S/C24H29ClN2O2.ClH/c1-26(23(28)16-17-8-3-4-10-20(17)25)24-19-9-7-11-22(29-2)18(19)12-13-21(24)27-14-5-6-15-27;/h3-4,7-11,21,24H,5-6,12-16H2,1-2H3;1H/t21-,24-;/m0./s1. The Labute approximate surface area is 190 Å². The van der Waals surface area contributed by atoms with Crippen LogP contribution in [0.2, 0.25) is 5.02 Å². The lowest BCUT2D eigenvalue weighted by Gasteiger charge is -2.44. The molecule has 1 amide bonds. The van der Waals surface area contributed by atoms with Crippen molar-refractivity contribution in [2.45, 2.75) is 44.2 Å². The first kappa shape index (κ1) is 22.9. The van der Waals surface area contributed by atoms with Crippen LogP contribution in [-0.2, 0) is 17.6 Å². The van der Waals surface area contributed by atoms with E-state index in [2.05, 4.69) is 11.0 Å². The number of ether oxygens (including phenoxy) is 1. The maximum absolute atomic E-state index is 13.3. The Bertz CT molecular complexity index is 883. The van der Waals surface area contributed by atoms with Crippen LogP contribution >= 0.6 is 24.0 Å². The Hall–Kier alpha value is -1.75. The Morgan fingerprint density at radius 1 is 1.17 bits per heavy atom. The van der Waals surface area contributed by atoms with Crippen molar-refractivity contribution in [3.05, 3.63) is 64.2 Å². The fraction of sp³-hybridized carbons (Fsp3) is 0.458. The first-order chi connectivity index (χ1) is 14.1. The van der Waals surface area contributed by atoms with Gasteiger partial charge in [-0.05, 0) is 67.6 Å². The largest absolute Gasteiger partial charge is 0.496 e. The first-order valence-electron chi connectivity index (χ1n) is 10.5. The number of amides is 1. The number of rotatable bonds is 5. The lowest BCUT2D eigenvalue weighted by atomic mass is 9.81. The van der Waals surface area contributed by atoms with Crippen LogP contribution < -0.4 is 4.74 Å². The fourth-order valence-corrected chi connectivity index (χ4v) is 5.19. The van der Waals surface area contributed by atoms with E-state index in [1.807, 2.05) is 48.3 Å². The van der Waals surface area contributed by atoms with Gasteiger partial charge in [0.1, 0.15) is 5.75 Å². The molecule has 30 heavy (non-hydrogen) atoms. The third-order valence-electron chi connectivity index (χ3n) is 6.48. The first-order valence-corrected chi connectivity index (χ1v) is 10.9. The Balaban J connectivity index is 0.00000256. The van der Waals surface area contributed by atoms with Crippen LogP contribution in [0, 0.1) is 0 Å². The van der Waals surface area contributed by atoms with Gasteiger partial charge < -0.3 is 9.64 Å². The molecular weight excluding hydrogens is 419 g/mol. The average Bonchev–Trinajstić information content (AvgIpc) is 3.28. The van der Waals surface area contributed by atoms with Crippen molar-refractivity contribution in [3.8, 4) is 5.75 Å². The van der Waals surface area contributed by atoms with E-state index < -0.39 is 0 Å². The second-order valence-electron chi connectivity index (χ2n) is 8.09. The number of methoxy groups -OCH3 is 1. The molecule has 1 heterocycles. The summed E-state index contributed by atoms with van der Waals surface area (Å²) in [6.45, 7) is 2.24. The molecule has 0 aromatic heterocycles. The summed E-state index contributed by atoms with van der Waals surface area (Å²) in [5, 5.41) is 0.649. The van der Waals surface area contributed by atoms with Crippen LogP contribution in [0.15, 0.2) is 42.5 Å². The zero-order chi connectivity index (χ0) is 20.4. The quantitative estimate of drug-likeness (QED) is 0.650. The minimum atomic E-state index is 0. The number of likely N-dealkylation sites (tertiary alicyclic amines) is 1. The number of nitrogens with zero attached hydrogens (tertiary/aromatic N) is 2. The molecule has 162 valence electrons. The van der Waals surface area contributed by atoms with Gasteiger partial charge in [-0.3, -0.25) is 9.69 Å². The number of halogens is 2. The SMILES string of the molecule is COc1cccc2c1CC[C@H](N1CCCC1)[C@H]2N(C)C(=O)Cc1ccccc1Cl.Cl. The van der Waals surface area contributed by atoms with Gasteiger partial charge in [-0.15, -0.1) is 12.4 Å². The van der Waals surface area contributed by atoms with Crippen LogP contribution in [0.5, 0.6) is 5.75 Å². The highest BCUT2D eigenvalue weighted by molar-refractivity contribution is 6.31. The van der Waals surface area contributed by atoms with Crippen LogP contribution in [0.25, 0.3) is 0 Å². The number of benzene rings is 2. The molecule has 0 radical (unpaired) electrons. The van der Waals surface area contributed by atoms with E-state index in [0.717, 1.165) is 37.2 Å². The Kier molecular flexibility index (Phi) is 7.67.